The molecule has 0 aliphatic heterocycles. The van der Waals surface area contributed by atoms with Gasteiger partial charge in [-0.3, -0.25) is 19.2 Å². The molecule has 1 N–H and O–H groups in total. The second-order valence-corrected chi connectivity index (χ2v) is 6.95. The van der Waals surface area contributed by atoms with Crippen LogP contribution in [0.3, 0.4) is 0 Å². The van der Waals surface area contributed by atoms with E-state index in [1.165, 1.54) is 13.8 Å². The number of hydrogen-bond donors (Lipinski definition) is 1. The van der Waals surface area contributed by atoms with Crippen molar-refractivity contribution in [1.29, 1.82) is 0 Å². The molecule has 0 atom stereocenters. The smallest absolute Gasteiger partial charge is 0.286 e. The second kappa shape index (κ2) is 7.77. The largest absolute Gasteiger partial charge is 0.492 e. The maximum absolute atomic E-state index is 12.0. The molecule has 0 saturated carbocycles. The van der Waals surface area contributed by atoms with Crippen molar-refractivity contribution in [3.63, 3.8) is 0 Å². The summed E-state index contributed by atoms with van der Waals surface area (Å²) in [5.74, 6) is 0. The number of nitrogens with one attached hydrogen (secondary N) is 1. The second-order valence-electron chi connectivity index (χ2n) is 3.71. The molecule has 0 aliphatic rings. The van der Waals surface area contributed by atoms with Gasteiger partial charge in [-0.1, -0.05) is 4.89 Å². The highest BCUT2D eigenvalue weighted by molar-refractivity contribution is 7.89. The third-order valence-corrected chi connectivity index (χ3v) is 4.97. The SMILES string of the molecule is CCOP(=O)(OCC)ONS(=O)(=O)c1ccc([N+](=O)[O-])cc1. The van der Waals surface area contributed by atoms with E-state index >= 15 is 0 Å². The Balaban J connectivity index is 2.86. The molecule has 0 aliphatic carbocycles. The molecule has 0 fully saturated rings. The molecule has 0 aromatic heterocycles. The molecule has 12 heteroatoms. The van der Waals surface area contributed by atoms with Gasteiger partial charge in [0.25, 0.3) is 15.7 Å². The van der Waals surface area contributed by atoms with Gasteiger partial charge in [-0.05, 0) is 26.0 Å². The third-order valence-electron chi connectivity index (χ3n) is 2.19. The Morgan fingerprint density at radius 2 is 1.68 bits per heavy atom. The highest BCUT2D eigenvalue weighted by Crippen LogP contribution is 2.48. The van der Waals surface area contributed by atoms with Gasteiger partial charge < -0.3 is 0 Å². The van der Waals surface area contributed by atoms with E-state index in [0.717, 1.165) is 24.3 Å². The first-order valence-corrected chi connectivity index (χ1v) is 9.02. The number of sulfonamides is 1. The Morgan fingerprint density at radius 3 is 2.09 bits per heavy atom. The van der Waals surface area contributed by atoms with E-state index in [1.807, 2.05) is 0 Å². The molecular weight excluding hydrogens is 339 g/mol. The van der Waals surface area contributed by atoms with Gasteiger partial charge in [0.2, 0.25) is 0 Å². The molecule has 1 rings (SSSR count). The average Bonchev–Trinajstić information content (AvgIpc) is 2.46. The summed E-state index contributed by atoms with van der Waals surface area (Å²) in [5.41, 5.74) is -0.269. The van der Waals surface area contributed by atoms with Gasteiger partial charge in [-0.15, -0.1) is 0 Å². The molecule has 0 spiro atoms. The zero-order valence-electron chi connectivity index (χ0n) is 11.8. The van der Waals surface area contributed by atoms with Crippen LogP contribution in [0.4, 0.5) is 5.69 Å². The van der Waals surface area contributed by atoms with E-state index in [1.54, 1.807) is 4.89 Å². The van der Waals surface area contributed by atoms with Crippen LogP contribution in [0, 0.1) is 10.1 Å². The molecular formula is C10H15N2O8PS. The minimum atomic E-state index is -4.20. The zero-order chi connectivity index (χ0) is 16.8. The van der Waals surface area contributed by atoms with E-state index < -0.39 is 22.8 Å². The van der Waals surface area contributed by atoms with Gasteiger partial charge in [0.15, 0.2) is 0 Å². The number of non-ortho nitro benzene ring substituents is 1. The number of nitrogens with zero attached hydrogens (tertiary/aromatic N) is 1. The van der Waals surface area contributed by atoms with Crippen molar-refractivity contribution in [3.05, 3.63) is 34.4 Å². The normalized spacial score (nSPS) is 12.3. The standard InChI is InChI=1S/C10H15N2O8PS/c1-3-18-21(15,19-4-2)20-11-22(16,17)10-7-5-9(6-8-10)12(13)14/h5-8,11H,3-4H2,1-2H3. The summed E-state index contributed by atoms with van der Waals surface area (Å²) < 4.78 is 49.9. The topological polar surface area (TPSA) is 134 Å². The molecule has 1 aromatic carbocycles. The van der Waals surface area contributed by atoms with Crippen molar-refractivity contribution >= 4 is 23.5 Å². The molecule has 0 unspecified atom stereocenters. The Morgan fingerprint density at radius 1 is 1.18 bits per heavy atom. The molecule has 0 saturated heterocycles. The van der Waals surface area contributed by atoms with Crippen LogP contribution < -0.4 is 4.89 Å². The Labute approximate surface area is 127 Å². The van der Waals surface area contributed by atoms with Crippen LogP contribution >= 0.6 is 7.82 Å². The van der Waals surface area contributed by atoms with Crippen LogP contribution in [0.25, 0.3) is 0 Å². The van der Waals surface area contributed by atoms with E-state index in [4.69, 9.17) is 9.05 Å². The lowest BCUT2D eigenvalue weighted by atomic mass is 10.3. The van der Waals surface area contributed by atoms with Crippen molar-refractivity contribution in [2.45, 2.75) is 18.7 Å². The monoisotopic (exact) mass is 354 g/mol. The van der Waals surface area contributed by atoms with Gasteiger partial charge >= 0.3 is 7.82 Å². The third kappa shape index (κ3) is 5.13. The predicted octanol–water partition coefficient (Wildman–Crippen LogP) is 1.99. The number of nitro groups is 1. The fourth-order valence-corrected chi connectivity index (χ4v) is 3.46. The highest BCUT2D eigenvalue weighted by atomic mass is 32.2. The number of hydrogen-bond acceptors (Lipinski definition) is 8. The van der Waals surface area contributed by atoms with E-state index in [2.05, 4.69) is 4.62 Å². The van der Waals surface area contributed by atoms with Crippen molar-refractivity contribution in [2.75, 3.05) is 13.2 Å². The van der Waals surface area contributed by atoms with E-state index in [9.17, 15) is 23.1 Å². The molecule has 0 bridgehead atoms. The molecule has 124 valence electrons. The highest BCUT2D eigenvalue weighted by Gasteiger charge is 2.29. The van der Waals surface area contributed by atoms with Crippen molar-refractivity contribution in [1.82, 2.24) is 4.89 Å². The van der Waals surface area contributed by atoms with Crippen molar-refractivity contribution in [2.24, 2.45) is 0 Å². The number of phosphoric acid groups is 1. The van der Waals surface area contributed by atoms with Gasteiger partial charge in [0.1, 0.15) is 0 Å². The first-order valence-electron chi connectivity index (χ1n) is 6.08. The van der Waals surface area contributed by atoms with Gasteiger partial charge in [0, 0.05) is 12.1 Å². The Hall–Kier alpha value is -1.36. The maximum atomic E-state index is 12.0. The fourth-order valence-electron chi connectivity index (χ4n) is 1.30. The summed E-state index contributed by atoms with van der Waals surface area (Å²) in [6.07, 6.45) is 0. The average molecular weight is 354 g/mol. The first-order chi connectivity index (χ1) is 10.2. The minimum Gasteiger partial charge on any atom is -0.286 e. The summed E-state index contributed by atoms with van der Waals surface area (Å²) >= 11 is 0. The fraction of sp³-hybridized carbons (Fsp3) is 0.400. The van der Waals surface area contributed by atoms with Crippen LogP contribution in [-0.4, -0.2) is 26.6 Å². The molecule has 0 heterocycles. The molecule has 1 aromatic rings. The van der Waals surface area contributed by atoms with E-state index in [-0.39, 0.29) is 23.8 Å². The summed E-state index contributed by atoms with van der Waals surface area (Å²) in [6.45, 7) is 3.02. The zero-order valence-corrected chi connectivity index (χ0v) is 13.5. The summed E-state index contributed by atoms with van der Waals surface area (Å²) in [4.78, 5) is 11.2. The Kier molecular flexibility index (Phi) is 6.60. The Bertz CT molecular complexity index is 650. The molecule has 22 heavy (non-hydrogen) atoms. The molecule has 0 amide bonds. The lowest BCUT2D eigenvalue weighted by Crippen LogP contribution is -2.24. The van der Waals surface area contributed by atoms with Gasteiger partial charge in [0.05, 0.1) is 23.0 Å². The van der Waals surface area contributed by atoms with Gasteiger partial charge in [-0.2, -0.15) is 4.62 Å². The predicted molar refractivity (Wildman–Crippen MR) is 75.4 cm³/mol. The lowest BCUT2D eigenvalue weighted by Gasteiger charge is -2.16. The summed E-state index contributed by atoms with van der Waals surface area (Å²) in [5, 5.41) is 10.5. The quantitative estimate of drug-likeness (QED) is 0.404. The summed E-state index contributed by atoms with van der Waals surface area (Å²) in [6, 6.07) is 4.05. The van der Waals surface area contributed by atoms with Crippen LogP contribution in [0.5, 0.6) is 0 Å². The first kappa shape index (κ1) is 18.7. The lowest BCUT2D eigenvalue weighted by molar-refractivity contribution is -0.384. The number of rotatable bonds is 9. The maximum Gasteiger partial charge on any atom is 0.492 e. The van der Waals surface area contributed by atoms with Crippen LogP contribution in [0.2, 0.25) is 0 Å². The number of nitro benzene ring substituents is 1. The van der Waals surface area contributed by atoms with Crippen LogP contribution in [-0.2, 0) is 28.3 Å². The van der Waals surface area contributed by atoms with Gasteiger partial charge in [-0.25, -0.2) is 13.0 Å². The number of phosphoric ester groups is 1. The molecule has 0 radical (unpaired) electrons. The van der Waals surface area contributed by atoms with Crippen LogP contribution in [0.15, 0.2) is 29.2 Å². The molecule has 10 nitrogen and oxygen atoms in total. The van der Waals surface area contributed by atoms with Crippen LogP contribution in [0.1, 0.15) is 13.8 Å². The van der Waals surface area contributed by atoms with Crippen molar-refractivity contribution in [3.8, 4) is 0 Å². The van der Waals surface area contributed by atoms with Crippen molar-refractivity contribution < 1.29 is 31.6 Å². The van der Waals surface area contributed by atoms with E-state index in [0.29, 0.717) is 0 Å². The minimum absolute atomic E-state index is 0.0173. The summed E-state index contributed by atoms with van der Waals surface area (Å²) in [7, 11) is -8.26. The number of benzene rings is 1.